The van der Waals surface area contributed by atoms with Crippen LogP contribution in [0.5, 0.6) is 0 Å². The molecule has 0 saturated carbocycles. The number of furan rings is 1. The number of nitrogens with one attached hydrogen (secondary N) is 2. The molecule has 1 aromatic carbocycles. The molecule has 0 spiro atoms. The van der Waals surface area contributed by atoms with Crippen molar-refractivity contribution < 1.29 is 4.42 Å². The molecule has 23 heavy (non-hydrogen) atoms. The summed E-state index contributed by atoms with van der Waals surface area (Å²) >= 11 is 11.3. The summed E-state index contributed by atoms with van der Waals surface area (Å²) < 4.78 is 6.91. The molecule has 6 nitrogen and oxygen atoms in total. The molecule has 0 atom stereocenters. The number of anilines is 1. The molecular formula is C15H14ClN5OS. The van der Waals surface area contributed by atoms with Gasteiger partial charge >= 0.3 is 0 Å². The van der Waals surface area contributed by atoms with Crippen molar-refractivity contribution in [1.82, 2.24) is 20.1 Å². The van der Waals surface area contributed by atoms with Crippen LogP contribution in [0.15, 0.2) is 53.4 Å². The fourth-order valence-electron chi connectivity index (χ4n) is 1.96. The van der Waals surface area contributed by atoms with Crippen molar-refractivity contribution in [3.05, 3.63) is 65.3 Å². The first-order chi connectivity index (χ1) is 11.2. The summed E-state index contributed by atoms with van der Waals surface area (Å²) in [6.07, 6.45) is 3.24. The molecule has 0 bridgehead atoms. The fourth-order valence-corrected chi connectivity index (χ4v) is 2.31. The van der Waals surface area contributed by atoms with E-state index in [1.165, 1.54) is 0 Å². The summed E-state index contributed by atoms with van der Waals surface area (Å²) in [5.74, 6) is 1.22. The number of thiocarbonyl (C=S) groups is 1. The molecule has 2 N–H and O–H groups in total. The maximum atomic E-state index is 6.14. The van der Waals surface area contributed by atoms with Crippen molar-refractivity contribution in [2.45, 2.75) is 13.1 Å². The van der Waals surface area contributed by atoms with E-state index < -0.39 is 0 Å². The number of nitrogens with zero attached hydrogens (tertiary/aromatic N) is 3. The van der Waals surface area contributed by atoms with Crippen LogP contribution in [-0.2, 0) is 13.1 Å². The summed E-state index contributed by atoms with van der Waals surface area (Å²) in [5, 5.41) is 11.4. The van der Waals surface area contributed by atoms with E-state index >= 15 is 0 Å². The van der Waals surface area contributed by atoms with E-state index in [2.05, 4.69) is 20.7 Å². The molecule has 0 fully saturated rings. The molecule has 0 saturated heterocycles. The molecule has 2 heterocycles. The predicted octanol–water partition coefficient (Wildman–Crippen LogP) is 3.06. The van der Waals surface area contributed by atoms with Gasteiger partial charge in [-0.15, -0.1) is 5.10 Å². The van der Waals surface area contributed by atoms with Gasteiger partial charge in [0.25, 0.3) is 0 Å². The third-order valence-corrected chi connectivity index (χ3v) is 3.67. The van der Waals surface area contributed by atoms with Crippen molar-refractivity contribution in [2.75, 3.05) is 5.32 Å². The van der Waals surface area contributed by atoms with Crippen LogP contribution in [0.25, 0.3) is 0 Å². The normalized spacial score (nSPS) is 10.5. The standard InChI is InChI=1S/C15H14ClN5OS/c16-13-6-2-1-4-11(13)9-21-10-18-14(20-21)19-15(23)17-8-12-5-3-7-22-12/h1-7,10H,8-9H2,(H2,17,19,20,23). The Morgan fingerprint density at radius 2 is 2.13 bits per heavy atom. The van der Waals surface area contributed by atoms with Crippen LogP contribution in [0.3, 0.4) is 0 Å². The van der Waals surface area contributed by atoms with Crippen molar-refractivity contribution in [3.63, 3.8) is 0 Å². The lowest BCUT2D eigenvalue weighted by atomic mass is 10.2. The van der Waals surface area contributed by atoms with Gasteiger partial charge in [-0.1, -0.05) is 29.8 Å². The monoisotopic (exact) mass is 347 g/mol. The lowest BCUT2D eigenvalue weighted by Gasteiger charge is -2.06. The van der Waals surface area contributed by atoms with Gasteiger partial charge in [0, 0.05) is 5.02 Å². The minimum atomic E-state index is 0.425. The zero-order valence-corrected chi connectivity index (χ0v) is 13.6. The van der Waals surface area contributed by atoms with Gasteiger partial charge in [0.2, 0.25) is 5.95 Å². The van der Waals surface area contributed by atoms with Crippen molar-refractivity contribution in [2.24, 2.45) is 0 Å². The van der Waals surface area contributed by atoms with Gasteiger partial charge in [0.1, 0.15) is 12.1 Å². The lowest BCUT2D eigenvalue weighted by Crippen LogP contribution is -2.28. The number of hydrogen-bond acceptors (Lipinski definition) is 4. The highest BCUT2D eigenvalue weighted by Crippen LogP contribution is 2.15. The zero-order chi connectivity index (χ0) is 16.1. The Hall–Kier alpha value is -2.38. The molecule has 0 aliphatic carbocycles. The van der Waals surface area contributed by atoms with E-state index in [0.29, 0.717) is 29.2 Å². The number of rotatable bonds is 5. The molecule has 3 aromatic rings. The lowest BCUT2D eigenvalue weighted by molar-refractivity contribution is 0.503. The van der Waals surface area contributed by atoms with Gasteiger partial charge in [-0.05, 0) is 36.0 Å². The highest BCUT2D eigenvalue weighted by Gasteiger charge is 2.06. The molecule has 0 radical (unpaired) electrons. The first-order valence-electron chi connectivity index (χ1n) is 6.91. The van der Waals surface area contributed by atoms with Gasteiger partial charge in [0.15, 0.2) is 5.11 Å². The second kappa shape index (κ2) is 7.26. The van der Waals surface area contributed by atoms with Crippen LogP contribution in [0, 0.1) is 0 Å². The highest BCUT2D eigenvalue weighted by atomic mass is 35.5. The highest BCUT2D eigenvalue weighted by molar-refractivity contribution is 7.80. The molecule has 0 unspecified atom stereocenters. The van der Waals surface area contributed by atoms with Crippen LogP contribution >= 0.6 is 23.8 Å². The average Bonchev–Trinajstić information content (AvgIpc) is 3.19. The third kappa shape index (κ3) is 4.30. The number of aromatic nitrogens is 3. The maximum Gasteiger partial charge on any atom is 0.248 e. The quantitative estimate of drug-likeness (QED) is 0.691. The molecule has 0 aliphatic heterocycles. The largest absolute Gasteiger partial charge is 0.467 e. The average molecular weight is 348 g/mol. The topological polar surface area (TPSA) is 67.9 Å². The fraction of sp³-hybridized carbons (Fsp3) is 0.133. The van der Waals surface area contributed by atoms with E-state index in [-0.39, 0.29) is 0 Å². The second-order valence-electron chi connectivity index (χ2n) is 4.74. The van der Waals surface area contributed by atoms with Crippen LogP contribution in [0.2, 0.25) is 5.02 Å². The first kappa shape index (κ1) is 15.5. The smallest absolute Gasteiger partial charge is 0.248 e. The van der Waals surface area contributed by atoms with E-state index in [9.17, 15) is 0 Å². The summed E-state index contributed by atoms with van der Waals surface area (Å²) in [6, 6.07) is 11.3. The van der Waals surface area contributed by atoms with Crippen LogP contribution < -0.4 is 10.6 Å². The number of halogens is 1. The van der Waals surface area contributed by atoms with Crippen LogP contribution in [0.4, 0.5) is 5.95 Å². The third-order valence-electron chi connectivity index (χ3n) is 3.06. The van der Waals surface area contributed by atoms with Gasteiger partial charge < -0.3 is 9.73 Å². The Balaban J connectivity index is 1.54. The maximum absolute atomic E-state index is 6.14. The Morgan fingerprint density at radius 3 is 2.91 bits per heavy atom. The Kier molecular flexibility index (Phi) is 4.89. The Labute approximate surface area is 143 Å². The summed E-state index contributed by atoms with van der Waals surface area (Å²) in [7, 11) is 0. The van der Waals surface area contributed by atoms with Crippen LogP contribution in [0.1, 0.15) is 11.3 Å². The molecule has 0 amide bonds. The van der Waals surface area contributed by atoms with Crippen molar-refractivity contribution >= 4 is 34.9 Å². The molecule has 2 aromatic heterocycles. The number of hydrogen-bond donors (Lipinski definition) is 2. The summed E-state index contributed by atoms with van der Waals surface area (Å²) in [4.78, 5) is 4.17. The summed E-state index contributed by atoms with van der Waals surface area (Å²) in [5.41, 5.74) is 0.976. The zero-order valence-electron chi connectivity index (χ0n) is 12.1. The molecule has 3 rings (SSSR count). The Bertz CT molecular complexity index is 787. The minimum absolute atomic E-state index is 0.425. The molecule has 118 valence electrons. The number of benzene rings is 1. The van der Waals surface area contributed by atoms with Crippen molar-refractivity contribution in [1.29, 1.82) is 0 Å². The Morgan fingerprint density at radius 1 is 1.26 bits per heavy atom. The van der Waals surface area contributed by atoms with E-state index in [1.54, 1.807) is 17.3 Å². The van der Waals surface area contributed by atoms with E-state index in [4.69, 9.17) is 28.2 Å². The van der Waals surface area contributed by atoms with E-state index in [1.807, 2.05) is 36.4 Å². The second-order valence-corrected chi connectivity index (χ2v) is 5.56. The SMILES string of the molecule is S=C(NCc1ccco1)Nc1ncn(Cc2ccccc2Cl)n1. The first-order valence-corrected chi connectivity index (χ1v) is 7.69. The van der Waals surface area contributed by atoms with Crippen LogP contribution in [-0.4, -0.2) is 19.9 Å². The van der Waals surface area contributed by atoms with Gasteiger partial charge in [-0.2, -0.15) is 0 Å². The molecule has 0 aliphatic rings. The molecular weight excluding hydrogens is 334 g/mol. The van der Waals surface area contributed by atoms with E-state index in [0.717, 1.165) is 11.3 Å². The van der Waals surface area contributed by atoms with Crippen molar-refractivity contribution in [3.8, 4) is 0 Å². The minimum Gasteiger partial charge on any atom is -0.467 e. The molecule has 8 heteroatoms. The van der Waals surface area contributed by atoms with Gasteiger partial charge in [0.05, 0.1) is 19.4 Å². The van der Waals surface area contributed by atoms with Gasteiger partial charge in [-0.25, -0.2) is 9.67 Å². The van der Waals surface area contributed by atoms with Gasteiger partial charge in [-0.3, -0.25) is 5.32 Å². The summed E-state index contributed by atoms with van der Waals surface area (Å²) in [6.45, 7) is 1.04. The predicted molar refractivity (Wildman–Crippen MR) is 92.3 cm³/mol.